The van der Waals surface area contributed by atoms with Crippen molar-refractivity contribution in [1.29, 1.82) is 0 Å². The monoisotopic (exact) mass is 145 g/mol. The summed E-state index contributed by atoms with van der Waals surface area (Å²) >= 11 is 0. The van der Waals surface area contributed by atoms with Gasteiger partial charge in [0.05, 0.1) is 12.7 Å². The van der Waals surface area contributed by atoms with Crippen molar-refractivity contribution in [3.8, 4) is 0 Å². The molecule has 0 radical (unpaired) electrons. The Labute approximate surface area is 61.1 Å². The second kappa shape index (κ2) is 2.86. The Kier molecular flexibility index (Phi) is 2.28. The normalized spacial score (nSPS) is 41.7. The Hall–Kier alpha value is -0.120. The van der Waals surface area contributed by atoms with Gasteiger partial charge in [-0.1, -0.05) is 6.92 Å². The Morgan fingerprint density at radius 3 is 2.80 bits per heavy atom. The number of rotatable bonds is 1. The first kappa shape index (κ1) is 7.98. The Balaban J connectivity index is 2.54. The second-order valence-corrected chi connectivity index (χ2v) is 3.28. The van der Waals surface area contributed by atoms with E-state index in [0.29, 0.717) is 6.54 Å². The maximum atomic E-state index is 9.41. The number of aliphatic hydroxyl groups excluding tert-OH is 2. The van der Waals surface area contributed by atoms with Gasteiger partial charge >= 0.3 is 0 Å². The van der Waals surface area contributed by atoms with Crippen LogP contribution >= 0.6 is 0 Å². The highest BCUT2D eigenvalue weighted by molar-refractivity contribution is 4.87. The Morgan fingerprint density at radius 2 is 2.40 bits per heavy atom. The predicted molar refractivity (Wildman–Crippen MR) is 38.7 cm³/mol. The van der Waals surface area contributed by atoms with Crippen molar-refractivity contribution < 1.29 is 10.2 Å². The van der Waals surface area contributed by atoms with E-state index in [1.807, 2.05) is 6.92 Å². The highest BCUT2D eigenvalue weighted by Crippen LogP contribution is 2.26. The third kappa shape index (κ3) is 1.31. The average Bonchev–Trinajstić information content (AvgIpc) is 1.96. The molecule has 1 aliphatic heterocycles. The van der Waals surface area contributed by atoms with Gasteiger partial charge in [0.15, 0.2) is 0 Å². The number of β-amino-alcohol motifs (C(OH)–C–C–N with tert-alkyl or cyclic N) is 1. The first-order valence-corrected chi connectivity index (χ1v) is 3.69. The molecule has 1 fully saturated rings. The molecule has 0 amide bonds. The summed E-state index contributed by atoms with van der Waals surface area (Å²) in [6, 6.07) is 0. The zero-order chi connectivity index (χ0) is 7.61. The summed E-state index contributed by atoms with van der Waals surface area (Å²) in [6.45, 7) is 3.50. The maximum absolute atomic E-state index is 9.41. The van der Waals surface area contributed by atoms with E-state index < -0.39 is 6.10 Å². The molecule has 0 aromatic carbocycles. The minimum absolute atomic E-state index is 0.0792. The standard InChI is InChI=1S/C7H15NO2/c1-7(5-9)2-3-8-4-6(7)10/h6,8-10H,2-5H2,1H3/t6-,7+/m0/s1. The Bertz CT molecular complexity index is 118. The van der Waals surface area contributed by atoms with Crippen LogP contribution in [0.3, 0.4) is 0 Å². The molecule has 0 aromatic heterocycles. The van der Waals surface area contributed by atoms with Gasteiger partial charge in [-0.25, -0.2) is 0 Å². The SMILES string of the molecule is C[C@]1(CO)CCNC[C@@H]1O. The van der Waals surface area contributed by atoms with Gasteiger partial charge in [0.1, 0.15) is 0 Å². The van der Waals surface area contributed by atoms with Crippen LogP contribution < -0.4 is 5.32 Å². The van der Waals surface area contributed by atoms with Crippen LogP contribution in [-0.2, 0) is 0 Å². The average molecular weight is 145 g/mol. The van der Waals surface area contributed by atoms with Gasteiger partial charge in [-0.3, -0.25) is 0 Å². The minimum atomic E-state index is -0.397. The smallest absolute Gasteiger partial charge is 0.0740 e. The molecule has 3 N–H and O–H groups in total. The van der Waals surface area contributed by atoms with Crippen LogP contribution in [-0.4, -0.2) is 36.0 Å². The van der Waals surface area contributed by atoms with Crippen LogP contribution in [0.2, 0.25) is 0 Å². The van der Waals surface area contributed by atoms with Gasteiger partial charge in [0.25, 0.3) is 0 Å². The fourth-order valence-corrected chi connectivity index (χ4v) is 1.21. The van der Waals surface area contributed by atoms with Crippen LogP contribution in [0.4, 0.5) is 0 Å². The largest absolute Gasteiger partial charge is 0.396 e. The van der Waals surface area contributed by atoms with E-state index in [0.717, 1.165) is 13.0 Å². The predicted octanol–water partition coefficient (Wildman–Crippen LogP) is -0.661. The lowest BCUT2D eigenvalue weighted by Crippen LogP contribution is -2.49. The van der Waals surface area contributed by atoms with E-state index >= 15 is 0 Å². The van der Waals surface area contributed by atoms with Gasteiger partial charge < -0.3 is 15.5 Å². The van der Waals surface area contributed by atoms with Gasteiger partial charge in [0, 0.05) is 12.0 Å². The molecule has 0 aromatic rings. The van der Waals surface area contributed by atoms with Crippen LogP contribution in [0.15, 0.2) is 0 Å². The molecule has 3 heteroatoms. The molecule has 1 saturated heterocycles. The summed E-state index contributed by atoms with van der Waals surface area (Å²) in [6.07, 6.45) is 0.455. The van der Waals surface area contributed by atoms with E-state index in [1.165, 1.54) is 0 Å². The molecule has 1 aliphatic rings. The fourth-order valence-electron chi connectivity index (χ4n) is 1.21. The van der Waals surface area contributed by atoms with E-state index in [2.05, 4.69) is 5.32 Å². The van der Waals surface area contributed by atoms with Crippen molar-refractivity contribution in [2.24, 2.45) is 5.41 Å². The second-order valence-electron chi connectivity index (χ2n) is 3.28. The number of piperidine rings is 1. The van der Waals surface area contributed by atoms with Gasteiger partial charge in [-0.2, -0.15) is 0 Å². The number of hydrogen-bond acceptors (Lipinski definition) is 3. The van der Waals surface area contributed by atoms with Gasteiger partial charge in [0.2, 0.25) is 0 Å². The summed E-state index contributed by atoms with van der Waals surface area (Å²) in [5.41, 5.74) is -0.273. The van der Waals surface area contributed by atoms with Crippen LogP contribution in [0.1, 0.15) is 13.3 Å². The zero-order valence-electron chi connectivity index (χ0n) is 6.30. The van der Waals surface area contributed by atoms with Crippen LogP contribution in [0, 0.1) is 5.41 Å². The molecular weight excluding hydrogens is 130 g/mol. The molecule has 0 saturated carbocycles. The third-order valence-electron chi connectivity index (χ3n) is 2.38. The highest BCUT2D eigenvalue weighted by Gasteiger charge is 2.34. The molecule has 10 heavy (non-hydrogen) atoms. The van der Waals surface area contributed by atoms with Crippen LogP contribution in [0.25, 0.3) is 0 Å². The molecule has 0 unspecified atom stereocenters. The van der Waals surface area contributed by atoms with Gasteiger partial charge in [-0.15, -0.1) is 0 Å². The molecule has 2 atom stereocenters. The third-order valence-corrected chi connectivity index (χ3v) is 2.38. The molecule has 3 nitrogen and oxygen atoms in total. The molecular formula is C7H15NO2. The van der Waals surface area contributed by atoms with E-state index in [9.17, 15) is 5.11 Å². The maximum Gasteiger partial charge on any atom is 0.0740 e. The summed E-state index contributed by atoms with van der Waals surface area (Å²) in [5.74, 6) is 0. The van der Waals surface area contributed by atoms with Crippen molar-refractivity contribution in [2.75, 3.05) is 19.7 Å². The summed E-state index contributed by atoms with van der Waals surface area (Å²) in [7, 11) is 0. The molecule has 0 bridgehead atoms. The molecule has 0 aliphatic carbocycles. The number of nitrogens with one attached hydrogen (secondary N) is 1. The van der Waals surface area contributed by atoms with Crippen molar-refractivity contribution in [1.82, 2.24) is 5.32 Å². The summed E-state index contributed by atoms with van der Waals surface area (Å²) in [4.78, 5) is 0. The molecule has 60 valence electrons. The number of aliphatic hydroxyl groups is 2. The highest BCUT2D eigenvalue weighted by atomic mass is 16.3. The first-order chi connectivity index (χ1) is 4.69. The van der Waals surface area contributed by atoms with Crippen molar-refractivity contribution in [3.05, 3.63) is 0 Å². The Morgan fingerprint density at radius 1 is 1.70 bits per heavy atom. The number of hydrogen-bond donors (Lipinski definition) is 3. The van der Waals surface area contributed by atoms with Gasteiger partial charge in [-0.05, 0) is 13.0 Å². The van der Waals surface area contributed by atoms with E-state index in [-0.39, 0.29) is 12.0 Å². The molecule has 0 spiro atoms. The zero-order valence-corrected chi connectivity index (χ0v) is 6.30. The lowest BCUT2D eigenvalue weighted by atomic mass is 9.79. The van der Waals surface area contributed by atoms with E-state index in [1.54, 1.807) is 0 Å². The van der Waals surface area contributed by atoms with E-state index in [4.69, 9.17) is 5.11 Å². The lowest BCUT2D eigenvalue weighted by Gasteiger charge is -2.37. The molecule has 1 heterocycles. The topological polar surface area (TPSA) is 52.5 Å². The van der Waals surface area contributed by atoms with Crippen molar-refractivity contribution >= 4 is 0 Å². The minimum Gasteiger partial charge on any atom is -0.396 e. The lowest BCUT2D eigenvalue weighted by molar-refractivity contribution is -0.0254. The first-order valence-electron chi connectivity index (χ1n) is 3.69. The quantitative estimate of drug-likeness (QED) is 0.459. The molecule has 1 rings (SSSR count). The van der Waals surface area contributed by atoms with Crippen LogP contribution in [0.5, 0.6) is 0 Å². The summed E-state index contributed by atoms with van der Waals surface area (Å²) < 4.78 is 0. The fraction of sp³-hybridized carbons (Fsp3) is 1.00. The summed E-state index contributed by atoms with van der Waals surface area (Å²) in [5, 5.41) is 21.4. The van der Waals surface area contributed by atoms with Crippen molar-refractivity contribution in [3.63, 3.8) is 0 Å². The van der Waals surface area contributed by atoms with Crippen molar-refractivity contribution in [2.45, 2.75) is 19.4 Å².